The predicted octanol–water partition coefficient (Wildman–Crippen LogP) is 24.8. The van der Waals surface area contributed by atoms with Crippen LogP contribution in [0.25, 0.3) is 152 Å². The van der Waals surface area contributed by atoms with E-state index in [-0.39, 0.29) is 11.2 Å². The van der Waals surface area contributed by atoms with E-state index in [0.29, 0.717) is 5.92 Å². The van der Waals surface area contributed by atoms with Crippen molar-refractivity contribution in [2.75, 3.05) is 0 Å². The Morgan fingerprint density at radius 1 is 0.363 bits per heavy atom. The van der Waals surface area contributed by atoms with E-state index in [2.05, 4.69) is 332 Å². The number of hydrogen-bond acceptors (Lipinski definition) is 2. The Kier molecular flexibility index (Phi) is 12.1. The number of benzene rings is 14. The Hall–Kier alpha value is -10.6. The van der Waals surface area contributed by atoms with Crippen molar-refractivity contribution in [1.29, 1.82) is 0 Å². The lowest BCUT2D eigenvalue weighted by Crippen LogP contribution is -2.17. The molecule has 0 radical (unpaired) electrons. The topological polar surface area (TPSA) is 4.93 Å². The van der Waals surface area contributed by atoms with Gasteiger partial charge in [0, 0.05) is 69.4 Å². The smallest absolute Gasteiger partial charge is 0.0541 e. The van der Waals surface area contributed by atoms with Gasteiger partial charge in [-0.05, 0) is 178 Å². The zero-order valence-corrected chi connectivity index (χ0v) is 51.4. The fourth-order valence-corrected chi connectivity index (χ4v) is 18.4. The average molecular weight is 1190 g/mol. The van der Waals surface area contributed by atoms with Gasteiger partial charge in [-0.15, -0.1) is 23.1 Å². The predicted molar refractivity (Wildman–Crippen MR) is 391 cm³/mol. The summed E-state index contributed by atoms with van der Waals surface area (Å²) >= 11 is 4.00. The van der Waals surface area contributed by atoms with Crippen LogP contribution in [0.4, 0.5) is 0 Å². The lowest BCUT2D eigenvalue weighted by molar-refractivity contribution is 0.757. The zero-order valence-electron chi connectivity index (χ0n) is 49.7. The molecule has 2 aromatic heterocycles. The number of thioether (sulfide) groups is 1. The van der Waals surface area contributed by atoms with Crippen molar-refractivity contribution in [3.05, 3.63) is 332 Å². The first-order valence-corrected chi connectivity index (χ1v) is 33.5. The minimum atomic E-state index is 0.200. The summed E-state index contributed by atoms with van der Waals surface area (Å²) in [4.78, 5) is 1.37. The van der Waals surface area contributed by atoms with Gasteiger partial charge in [-0.1, -0.05) is 249 Å². The van der Waals surface area contributed by atoms with E-state index in [9.17, 15) is 0 Å². The number of rotatable bonds is 9. The summed E-state index contributed by atoms with van der Waals surface area (Å²) in [6.45, 7) is 0. The van der Waals surface area contributed by atoms with Crippen LogP contribution in [-0.4, -0.2) is 9.82 Å². The monoisotopic (exact) mass is 1190 g/mol. The van der Waals surface area contributed by atoms with Crippen LogP contribution >= 0.6 is 23.1 Å². The molecule has 19 rings (SSSR count). The Bertz CT molecular complexity index is 5730. The minimum Gasteiger partial charge on any atom is -0.309 e. The summed E-state index contributed by atoms with van der Waals surface area (Å²) in [6.07, 6.45) is 15.3. The molecule has 3 aliphatic rings. The van der Waals surface area contributed by atoms with Gasteiger partial charge in [0.25, 0.3) is 0 Å². The standard InChI is InChI=1S/C88H57NS2/c1-7-20-54(21-8-1)65-46-70(58-28-15-5-16-29-58)85-76(50-65)78-52-67(56-24-11-3-12-25-56)48-72(87(78)90-85)63-38-42-81-74(44-63)75-45-64(39-43-82(75)89(81)80-41-37-62-35-34-60-32-19-33-61-36-40-69(80)84(62)83(60)61)73-49-68(57-26-13-4-14-27-57)53-79-77-51-66(55-22-9-2-10-23-55)47-71(86(77)91-88(73)79)59-30-17-6-18-31-59/h1-22,24-53,55,77,86H,23H2. The van der Waals surface area contributed by atoms with Crippen LogP contribution in [0.5, 0.6) is 0 Å². The van der Waals surface area contributed by atoms with Crippen LogP contribution in [0.3, 0.4) is 0 Å². The van der Waals surface area contributed by atoms with E-state index in [0.717, 1.165) is 6.42 Å². The van der Waals surface area contributed by atoms with Crippen LogP contribution in [0.15, 0.2) is 326 Å². The number of aromatic nitrogens is 1. The molecule has 0 spiro atoms. The normalized spacial score (nSPS) is 16.2. The van der Waals surface area contributed by atoms with Gasteiger partial charge >= 0.3 is 0 Å². The molecule has 426 valence electrons. The molecule has 16 aromatic rings. The van der Waals surface area contributed by atoms with Gasteiger partial charge in [0.2, 0.25) is 0 Å². The van der Waals surface area contributed by atoms with Crippen LogP contribution < -0.4 is 0 Å². The average Bonchev–Trinajstić information content (AvgIpc) is 1.73. The molecular formula is C88H57NS2. The number of allylic oxidation sites excluding steroid dienone is 7. The van der Waals surface area contributed by atoms with E-state index in [1.54, 1.807) is 0 Å². The van der Waals surface area contributed by atoms with Gasteiger partial charge in [-0.25, -0.2) is 0 Å². The van der Waals surface area contributed by atoms with Gasteiger partial charge in [-0.2, -0.15) is 0 Å². The van der Waals surface area contributed by atoms with Crippen molar-refractivity contribution < 1.29 is 0 Å². The Balaban J connectivity index is 0.872. The third-order valence-corrected chi connectivity index (χ3v) is 22.6. The number of hydrogen-bond donors (Lipinski definition) is 0. The third kappa shape index (κ3) is 8.52. The van der Waals surface area contributed by atoms with E-state index in [4.69, 9.17) is 0 Å². The summed E-state index contributed by atoms with van der Waals surface area (Å²) in [5, 5.41) is 12.9. The van der Waals surface area contributed by atoms with Gasteiger partial charge in [0.05, 0.1) is 16.7 Å². The minimum absolute atomic E-state index is 0.200. The second kappa shape index (κ2) is 21.0. The molecule has 3 heteroatoms. The molecule has 0 amide bonds. The molecule has 3 unspecified atom stereocenters. The molecule has 0 fully saturated rings. The summed E-state index contributed by atoms with van der Waals surface area (Å²) in [7, 11) is 0. The molecular weight excluding hydrogens is 1140 g/mol. The first kappa shape index (κ1) is 52.4. The quantitative estimate of drug-likeness (QED) is 0.130. The van der Waals surface area contributed by atoms with Gasteiger partial charge < -0.3 is 4.57 Å². The second-order valence-electron chi connectivity index (χ2n) is 24.9. The largest absolute Gasteiger partial charge is 0.309 e. The number of nitrogens with zero attached hydrogens (tertiary/aromatic N) is 1. The van der Waals surface area contributed by atoms with Gasteiger partial charge in [0.15, 0.2) is 0 Å². The Morgan fingerprint density at radius 2 is 0.868 bits per heavy atom. The molecule has 14 aromatic carbocycles. The Labute approximate surface area is 536 Å². The molecule has 91 heavy (non-hydrogen) atoms. The summed E-state index contributed by atoms with van der Waals surface area (Å²) in [6, 6.07) is 105. The van der Waals surface area contributed by atoms with Crippen molar-refractivity contribution in [2.24, 2.45) is 5.92 Å². The maximum absolute atomic E-state index is 2.63. The molecule has 1 nitrogen and oxygen atoms in total. The molecule has 0 N–H and O–H groups in total. The van der Waals surface area contributed by atoms with Crippen LogP contribution in [0.2, 0.25) is 0 Å². The highest BCUT2D eigenvalue weighted by Gasteiger charge is 2.40. The zero-order chi connectivity index (χ0) is 59.7. The van der Waals surface area contributed by atoms with E-state index < -0.39 is 0 Å². The maximum Gasteiger partial charge on any atom is 0.0541 e. The van der Waals surface area contributed by atoms with Crippen LogP contribution in [0.1, 0.15) is 23.5 Å². The van der Waals surface area contributed by atoms with E-state index >= 15 is 0 Å². The van der Waals surface area contributed by atoms with Gasteiger partial charge in [-0.3, -0.25) is 0 Å². The third-order valence-electron chi connectivity index (χ3n) is 19.8. The molecule has 3 heterocycles. The lowest BCUT2D eigenvalue weighted by Gasteiger charge is -2.29. The van der Waals surface area contributed by atoms with E-state index in [1.807, 2.05) is 11.3 Å². The summed E-state index contributed by atoms with van der Waals surface area (Å²) in [5.41, 5.74) is 23.8. The van der Waals surface area contributed by atoms with Crippen LogP contribution in [0, 0.1) is 5.92 Å². The Morgan fingerprint density at radius 3 is 1.46 bits per heavy atom. The van der Waals surface area contributed by atoms with E-state index in [1.165, 1.54) is 174 Å². The molecule has 0 saturated heterocycles. The lowest BCUT2D eigenvalue weighted by atomic mass is 9.77. The molecule has 1 aliphatic heterocycles. The van der Waals surface area contributed by atoms with Crippen molar-refractivity contribution in [1.82, 2.24) is 4.57 Å². The highest BCUT2D eigenvalue weighted by atomic mass is 32.2. The molecule has 2 aliphatic carbocycles. The fourth-order valence-electron chi connectivity index (χ4n) is 15.4. The van der Waals surface area contributed by atoms with Crippen molar-refractivity contribution >= 4 is 103 Å². The molecule has 0 saturated carbocycles. The second-order valence-corrected chi connectivity index (χ2v) is 27.1. The summed E-state index contributed by atoms with van der Waals surface area (Å²) in [5.74, 6) is 0.536. The first-order valence-electron chi connectivity index (χ1n) is 31.8. The van der Waals surface area contributed by atoms with Crippen molar-refractivity contribution in [3.63, 3.8) is 0 Å². The maximum atomic E-state index is 2.63. The molecule has 0 bridgehead atoms. The number of thiophene rings is 1. The SMILES string of the molecule is C1=CCC(C2=CC3c4cc(-c5ccccc5)cc(-c5ccc6c(c5)c5cc(-c7cc(-c8ccccc8)cc8c7sc7c(-c9ccccc9)cc(-c9ccccc9)cc78)ccc5n6-c5ccc6ccc7cccc8ccc5c6c78)c4SC3C(c3ccccc3)=C2)C=C1. The molecule has 3 atom stereocenters. The van der Waals surface area contributed by atoms with Crippen molar-refractivity contribution in [3.8, 4) is 72.4 Å². The van der Waals surface area contributed by atoms with Crippen LogP contribution in [-0.2, 0) is 0 Å². The first-order chi connectivity index (χ1) is 45.1. The highest BCUT2D eigenvalue weighted by Crippen LogP contribution is 2.59. The highest BCUT2D eigenvalue weighted by molar-refractivity contribution is 8.01. The number of fused-ring (bicyclic) bond motifs is 9. The van der Waals surface area contributed by atoms with Gasteiger partial charge in [0.1, 0.15) is 0 Å². The van der Waals surface area contributed by atoms with Crippen molar-refractivity contribution in [2.45, 2.75) is 22.5 Å². The summed E-state index contributed by atoms with van der Waals surface area (Å²) < 4.78 is 5.16. The fraction of sp³-hybridized carbons (Fsp3) is 0.0455.